The monoisotopic (exact) mass is 408 g/mol. The number of nitrogens with one attached hydrogen (secondary N) is 1. The largest absolute Gasteiger partial charge is 0.464 e. The van der Waals surface area contributed by atoms with E-state index < -0.39 is 23.7 Å². The number of esters is 1. The molecule has 12 heteroatoms. The molecule has 0 bridgehead atoms. The van der Waals surface area contributed by atoms with Gasteiger partial charge in [-0.2, -0.15) is 23.4 Å². The molecule has 0 aliphatic heterocycles. The molecule has 0 atom stereocenters. The standard InChI is InChI=1S/C17H15F3N6O3/c1-25-7-11(14(24-25)16(28)29-2)22-15(27)10-6-13-21-9(8-3-4-8)5-12(17(18,19)20)26(13)23-10/h5-8H,3-4H2,1-2H3,(H,22,27). The van der Waals surface area contributed by atoms with Crippen LogP contribution in [0.15, 0.2) is 18.3 Å². The Morgan fingerprint density at radius 1 is 1.24 bits per heavy atom. The van der Waals surface area contributed by atoms with E-state index in [4.69, 9.17) is 0 Å². The van der Waals surface area contributed by atoms with E-state index in [0.29, 0.717) is 10.2 Å². The number of nitrogens with zero attached hydrogens (tertiary/aromatic N) is 5. The van der Waals surface area contributed by atoms with Gasteiger partial charge in [0.1, 0.15) is 5.69 Å². The van der Waals surface area contributed by atoms with Gasteiger partial charge in [0, 0.05) is 30.9 Å². The normalized spacial score (nSPS) is 14.2. The second-order valence-electron chi connectivity index (χ2n) is 6.65. The highest BCUT2D eigenvalue weighted by Gasteiger charge is 2.37. The first-order valence-electron chi connectivity index (χ1n) is 8.58. The SMILES string of the molecule is COC(=O)c1nn(C)cc1NC(=O)c1cc2nc(C3CC3)cc(C(F)(F)F)n2n1. The molecule has 1 fully saturated rings. The van der Waals surface area contributed by atoms with Gasteiger partial charge in [0.15, 0.2) is 17.0 Å². The van der Waals surface area contributed by atoms with Gasteiger partial charge in [-0.3, -0.25) is 9.48 Å². The summed E-state index contributed by atoms with van der Waals surface area (Å²) in [4.78, 5) is 28.5. The lowest BCUT2D eigenvalue weighted by Gasteiger charge is -2.10. The van der Waals surface area contributed by atoms with Crippen LogP contribution >= 0.6 is 0 Å². The van der Waals surface area contributed by atoms with Crippen LogP contribution in [-0.2, 0) is 18.0 Å². The molecule has 0 spiro atoms. The number of methoxy groups -OCH3 is 1. The number of fused-ring (bicyclic) bond motifs is 1. The number of rotatable bonds is 4. The average Bonchev–Trinajstić information content (AvgIpc) is 3.31. The van der Waals surface area contributed by atoms with Crippen LogP contribution in [0.5, 0.6) is 0 Å². The molecule has 4 rings (SSSR count). The minimum absolute atomic E-state index is 0.00807. The molecule has 1 aliphatic rings. The maximum absolute atomic E-state index is 13.5. The summed E-state index contributed by atoms with van der Waals surface area (Å²) in [7, 11) is 2.69. The smallest absolute Gasteiger partial charge is 0.433 e. The Labute approximate surface area is 161 Å². The second kappa shape index (κ2) is 6.57. The van der Waals surface area contributed by atoms with E-state index in [0.717, 1.165) is 26.0 Å². The number of halogens is 3. The lowest BCUT2D eigenvalue weighted by atomic mass is 10.2. The fourth-order valence-electron chi connectivity index (χ4n) is 2.91. The van der Waals surface area contributed by atoms with Gasteiger partial charge in [0.05, 0.1) is 12.8 Å². The van der Waals surface area contributed by atoms with Crippen molar-refractivity contribution in [2.75, 3.05) is 12.4 Å². The molecular formula is C17H15F3N6O3. The molecule has 29 heavy (non-hydrogen) atoms. The molecule has 0 unspecified atom stereocenters. The lowest BCUT2D eigenvalue weighted by molar-refractivity contribution is -0.142. The van der Waals surface area contributed by atoms with E-state index in [1.54, 1.807) is 0 Å². The maximum atomic E-state index is 13.5. The number of hydrogen-bond acceptors (Lipinski definition) is 6. The zero-order valence-electron chi connectivity index (χ0n) is 15.3. The number of hydrogen-bond donors (Lipinski definition) is 1. The van der Waals surface area contributed by atoms with Crippen molar-refractivity contribution in [3.8, 4) is 0 Å². The summed E-state index contributed by atoms with van der Waals surface area (Å²) in [6.07, 6.45) is -1.74. The highest BCUT2D eigenvalue weighted by Crippen LogP contribution is 2.41. The van der Waals surface area contributed by atoms with Crippen molar-refractivity contribution in [2.45, 2.75) is 24.9 Å². The van der Waals surface area contributed by atoms with Gasteiger partial charge in [-0.25, -0.2) is 14.3 Å². The Hall–Kier alpha value is -3.44. The predicted octanol–water partition coefficient (Wildman–Crippen LogP) is 2.40. The van der Waals surface area contributed by atoms with Gasteiger partial charge in [0.2, 0.25) is 0 Å². The van der Waals surface area contributed by atoms with Crippen LogP contribution in [0.3, 0.4) is 0 Å². The summed E-state index contributed by atoms with van der Waals surface area (Å²) in [5.74, 6) is -1.59. The van der Waals surface area contributed by atoms with Crippen LogP contribution in [-0.4, -0.2) is 43.4 Å². The summed E-state index contributed by atoms with van der Waals surface area (Å²) in [6.45, 7) is 0. The Balaban J connectivity index is 1.71. The predicted molar refractivity (Wildman–Crippen MR) is 92.5 cm³/mol. The van der Waals surface area contributed by atoms with Gasteiger partial charge < -0.3 is 10.1 Å². The lowest BCUT2D eigenvalue weighted by Crippen LogP contribution is -2.17. The molecule has 1 aliphatic carbocycles. The summed E-state index contributed by atoms with van der Waals surface area (Å²) in [5, 5.41) is 10.1. The number of amides is 1. The summed E-state index contributed by atoms with van der Waals surface area (Å²) in [6, 6.07) is 2.14. The fraction of sp³-hybridized carbons (Fsp3) is 0.353. The van der Waals surface area contributed by atoms with Gasteiger partial charge in [0.25, 0.3) is 5.91 Å². The zero-order valence-corrected chi connectivity index (χ0v) is 15.3. The third-order valence-electron chi connectivity index (χ3n) is 4.42. The molecule has 3 aromatic heterocycles. The Kier molecular flexibility index (Phi) is 4.28. The molecule has 0 radical (unpaired) electrons. The first kappa shape index (κ1) is 18.9. The van der Waals surface area contributed by atoms with E-state index in [-0.39, 0.29) is 28.6 Å². The molecule has 3 aromatic rings. The molecular weight excluding hydrogens is 393 g/mol. The number of aromatic nitrogens is 5. The topological polar surface area (TPSA) is 103 Å². The maximum Gasteiger partial charge on any atom is 0.433 e. The van der Waals surface area contributed by atoms with Gasteiger partial charge in [-0.15, -0.1) is 0 Å². The average molecular weight is 408 g/mol. The molecule has 0 aromatic carbocycles. The van der Waals surface area contributed by atoms with Crippen molar-refractivity contribution in [3.05, 3.63) is 41.1 Å². The third kappa shape index (κ3) is 3.52. The first-order valence-corrected chi connectivity index (χ1v) is 8.58. The number of anilines is 1. The van der Waals surface area contributed by atoms with Crippen LogP contribution in [0.1, 0.15) is 51.1 Å². The molecule has 3 heterocycles. The summed E-state index contributed by atoms with van der Waals surface area (Å²) >= 11 is 0. The molecule has 1 saturated carbocycles. The van der Waals surface area contributed by atoms with E-state index in [1.165, 1.54) is 24.0 Å². The zero-order chi connectivity index (χ0) is 20.9. The van der Waals surface area contributed by atoms with E-state index in [2.05, 4.69) is 25.2 Å². The number of carbonyl (C=O) groups is 2. The molecule has 0 saturated heterocycles. The second-order valence-corrected chi connectivity index (χ2v) is 6.65. The number of aryl methyl sites for hydroxylation is 1. The third-order valence-corrected chi connectivity index (χ3v) is 4.42. The summed E-state index contributed by atoms with van der Waals surface area (Å²) < 4.78 is 46.9. The van der Waals surface area contributed by atoms with Crippen molar-refractivity contribution in [1.82, 2.24) is 24.4 Å². The number of alkyl halides is 3. The van der Waals surface area contributed by atoms with E-state index in [1.807, 2.05) is 0 Å². The minimum atomic E-state index is -4.66. The van der Waals surface area contributed by atoms with Crippen LogP contribution in [0.4, 0.5) is 18.9 Å². The van der Waals surface area contributed by atoms with E-state index in [9.17, 15) is 22.8 Å². The van der Waals surface area contributed by atoms with Crippen molar-refractivity contribution < 1.29 is 27.5 Å². The highest BCUT2D eigenvalue weighted by atomic mass is 19.4. The quantitative estimate of drug-likeness (QED) is 0.665. The van der Waals surface area contributed by atoms with Crippen LogP contribution in [0, 0.1) is 0 Å². The van der Waals surface area contributed by atoms with Gasteiger partial charge in [-0.05, 0) is 18.9 Å². The van der Waals surface area contributed by atoms with Crippen molar-refractivity contribution in [2.24, 2.45) is 7.05 Å². The molecule has 152 valence electrons. The van der Waals surface area contributed by atoms with Crippen LogP contribution < -0.4 is 5.32 Å². The molecule has 1 amide bonds. The van der Waals surface area contributed by atoms with E-state index >= 15 is 0 Å². The summed E-state index contributed by atoms with van der Waals surface area (Å²) in [5.41, 5.74) is -1.12. The van der Waals surface area contributed by atoms with Crippen LogP contribution in [0.25, 0.3) is 5.65 Å². The van der Waals surface area contributed by atoms with Crippen LogP contribution in [0.2, 0.25) is 0 Å². The van der Waals surface area contributed by atoms with Gasteiger partial charge >= 0.3 is 12.1 Å². The van der Waals surface area contributed by atoms with Crippen molar-refractivity contribution >= 4 is 23.2 Å². The minimum Gasteiger partial charge on any atom is -0.464 e. The molecule has 1 N–H and O–H groups in total. The highest BCUT2D eigenvalue weighted by molar-refractivity contribution is 6.06. The Morgan fingerprint density at radius 2 is 1.97 bits per heavy atom. The number of carbonyl (C=O) groups excluding carboxylic acids is 2. The van der Waals surface area contributed by atoms with Gasteiger partial charge in [-0.1, -0.05) is 0 Å². The molecule has 9 nitrogen and oxygen atoms in total. The number of ether oxygens (including phenoxy) is 1. The first-order chi connectivity index (χ1) is 13.7. The fourth-order valence-corrected chi connectivity index (χ4v) is 2.91. The Bertz CT molecular complexity index is 1130. The van der Waals surface area contributed by atoms with Crippen molar-refractivity contribution in [1.29, 1.82) is 0 Å². The van der Waals surface area contributed by atoms with Crippen molar-refractivity contribution in [3.63, 3.8) is 0 Å². The Morgan fingerprint density at radius 3 is 2.59 bits per heavy atom.